The average molecular weight is 247 g/mol. The number of amides is 1. The third-order valence-corrected chi connectivity index (χ3v) is 2.40. The van der Waals surface area contributed by atoms with Crippen LogP contribution in [-0.4, -0.2) is 32.7 Å². The van der Waals surface area contributed by atoms with E-state index >= 15 is 0 Å². The number of nitriles is 1. The Labute approximate surface area is 107 Å². The summed E-state index contributed by atoms with van der Waals surface area (Å²) < 4.78 is 5.04. The Kier molecular flexibility index (Phi) is 6.30. The summed E-state index contributed by atoms with van der Waals surface area (Å²) in [5, 5.41) is 13.9. The average Bonchev–Trinajstić information content (AvgIpc) is 2.41. The van der Waals surface area contributed by atoms with Gasteiger partial charge in [0, 0.05) is 12.8 Å². The van der Waals surface area contributed by atoms with E-state index in [0.29, 0.717) is 6.61 Å². The van der Waals surface area contributed by atoms with Crippen molar-refractivity contribution in [3.63, 3.8) is 0 Å². The molecule has 0 bridgehead atoms. The van der Waals surface area contributed by atoms with E-state index in [4.69, 9.17) is 10.00 Å². The quantitative estimate of drug-likeness (QED) is 0.703. The van der Waals surface area contributed by atoms with Crippen LogP contribution in [0.15, 0.2) is 24.3 Å². The molecule has 0 atom stereocenters. The fourth-order valence-corrected chi connectivity index (χ4v) is 1.50. The summed E-state index contributed by atoms with van der Waals surface area (Å²) >= 11 is 0. The fraction of sp³-hybridized carbons (Fsp3) is 0.385. The van der Waals surface area contributed by atoms with E-state index in [0.717, 1.165) is 17.7 Å². The summed E-state index contributed by atoms with van der Waals surface area (Å²) in [6, 6.07) is 9.63. The largest absolute Gasteiger partial charge is 0.384 e. The maximum atomic E-state index is 11.4. The SMILES string of the molecule is COCCc1ccccc1NCC(=O)NCC#N. The summed E-state index contributed by atoms with van der Waals surface area (Å²) in [7, 11) is 1.66. The molecule has 96 valence electrons. The molecule has 1 aromatic rings. The van der Waals surface area contributed by atoms with Crippen LogP contribution in [0.3, 0.4) is 0 Å². The zero-order chi connectivity index (χ0) is 13.2. The van der Waals surface area contributed by atoms with Crippen molar-refractivity contribution in [2.75, 3.05) is 32.1 Å². The summed E-state index contributed by atoms with van der Waals surface area (Å²) in [5.41, 5.74) is 2.02. The van der Waals surface area contributed by atoms with Gasteiger partial charge in [0.1, 0.15) is 6.54 Å². The minimum atomic E-state index is -0.196. The van der Waals surface area contributed by atoms with Gasteiger partial charge >= 0.3 is 0 Å². The Balaban J connectivity index is 2.50. The molecule has 0 aromatic heterocycles. The lowest BCUT2D eigenvalue weighted by molar-refractivity contribution is -0.119. The molecule has 0 aliphatic heterocycles. The zero-order valence-electron chi connectivity index (χ0n) is 10.4. The maximum absolute atomic E-state index is 11.4. The highest BCUT2D eigenvalue weighted by Gasteiger charge is 2.04. The van der Waals surface area contributed by atoms with Gasteiger partial charge in [-0.05, 0) is 18.1 Å². The molecule has 0 heterocycles. The van der Waals surface area contributed by atoms with Crippen molar-refractivity contribution in [3.05, 3.63) is 29.8 Å². The lowest BCUT2D eigenvalue weighted by Gasteiger charge is -2.11. The van der Waals surface area contributed by atoms with E-state index in [1.54, 1.807) is 7.11 Å². The van der Waals surface area contributed by atoms with Crippen LogP contribution in [-0.2, 0) is 16.0 Å². The van der Waals surface area contributed by atoms with Crippen molar-refractivity contribution >= 4 is 11.6 Å². The number of hydrogen-bond donors (Lipinski definition) is 2. The van der Waals surface area contributed by atoms with Crippen LogP contribution in [0.25, 0.3) is 0 Å². The minimum Gasteiger partial charge on any atom is -0.384 e. The third kappa shape index (κ3) is 4.85. The van der Waals surface area contributed by atoms with Gasteiger partial charge in [0.25, 0.3) is 0 Å². The molecular formula is C13H17N3O2. The molecule has 1 rings (SSSR count). The number of ether oxygens (including phenoxy) is 1. The molecule has 1 aromatic carbocycles. The lowest BCUT2D eigenvalue weighted by atomic mass is 10.1. The van der Waals surface area contributed by atoms with Gasteiger partial charge in [-0.2, -0.15) is 5.26 Å². The molecular weight excluding hydrogens is 230 g/mol. The summed E-state index contributed by atoms with van der Waals surface area (Å²) in [6.07, 6.45) is 0.791. The monoisotopic (exact) mass is 247 g/mol. The predicted molar refractivity (Wildman–Crippen MR) is 69.1 cm³/mol. The lowest BCUT2D eigenvalue weighted by Crippen LogP contribution is -2.30. The van der Waals surface area contributed by atoms with Crippen LogP contribution < -0.4 is 10.6 Å². The van der Waals surface area contributed by atoms with Gasteiger partial charge in [-0.3, -0.25) is 4.79 Å². The van der Waals surface area contributed by atoms with E-state index in [2.05, 4.69) is 10.6 Å². The topological polar surface area (TPSA) is 74.2 Å². The van der Waals surface area contributed by atoms with E-state index in [-0.39, 0.29) is 19.0 Å². The molecule has 0 aliphatic rings. The van der Waals surface area contributed by atoms with Crippen molar-refractivity contribution in [2.24, 2.45) is 0 Å². The molecule has 0 radical (unpaired) electrons. The van der Waals surface area contributed by atoms with Crippen molar-refractivity contribution in [3.8, 4) is 6.07 Å². The first-order valence-corrected chi connectivity index (χ1v) is 5.72. The van der Waals surface area contributed by atoms with E-state index in [9.17, 15) is 4.79 Å². The van der Waals surface area contributed by atoms with Gasteiger partial charge in [-0.15, -0.1) is 0 Å². The number of nitrogens with zero attached hydrogens (tertiary/aromatic N) is 1. The van der Waals surface area contributed by atoms with Crippen LogP contribution in [0.2, 0.25) is 0 Å². The number of carbonyl (C=O) groups is 1. The minimum absolute atomic E-state index is 0.0336. The number of hydrogen-bond acceptors (Lipinski definition) is 4. The van der Waals surface area contributed by atoms with Crippen molar-refractivity contribution in [1.29, 1.82) is 5.26 Å². The Morgan fingerprint density at radius 3 is 2.94 bits per heavy atom. The van der Waals surface area contributed by atoms with Gasteiger partial charge in [0.05, 0.1) is 19.2 Å². The maximum Gasteiger partial charge on any atom is 0.240 e. The Hall–Kier alpha value is -2.06. The first-order chi connectivity index (χ1) is 8.77. The normalized spacial score (nSPS) is 9.56. The molecule has 2 N–H and O–H groups in total. The molecule has 0 spiro atoms. The number of carbonyl (C=O) groups excluding carboxylic acids is 1. The van der Waals surface area contributed by atoms with E-state index < -0.39 is 0 Å². The fourth-order valence-electron chi connectivity index (χ4n) is 1.50. The van der Waals surface area contributed by atoms with Crippen LogP contribution >= 0.6 is 0 Å². The molecule has 0 fully saturated rings. The smallest absolute Gasteiger partial charge is 0.240 e. The van der Waals surface area contributed by atoms with Crippen LogP contribution in [0.1, 0.15) is 5.56 Å². The number of methoxy groups -OCH3 is 1. The molecule has 18 heavy (non-hydrogen) atoms. The van der Waals surface area contributed by atoms with E-state index in [1.165, 1.54) is 0 Å². The Bertz CT molecular complexity index is 426. The number of nitrogens with one attached hydrogen (secondary N) is 2. The number of para-hydroxylation sites is 1. The van der Waals surface area contributed by atoms with Crippen molar-refractivity contribution in [2.45, 2.75) is 6.42 Å². The highest BCUT2D eigenvalue weighted by atomic mass is 16.5. The molecule has 0 unspecified atom stereocenters. The van der Waals surface area contributed by atoms with E-state index in [1.807, 2.05) is 30.3 Å². The molecule has 0 aliphatic carbocycles. The van der Waals surface area contributed by atoms with Crippen molar-refractivity contribution in [1.82, 2.24) is 5.32 Å². The molecule has 0 saturated heterocycles. The first kappa shape index (κ1) is 14.0. The number of anilines is 1. The van der Waals surface area contributed by atoms with Gasteiger partial charge in [0.2, 0.25) is 5.91 Å². The van der Waals surface area contributed by atoms with Gasteiger partial charge in [0.15, 0.2) is 0 Å². The van der Waals surface area contributed by atoms with Crippen LogP contribution in [0.4, 0.5) is 5.69 Å². The summed E-state index contributed by atoms with van der Waals surface area (Å²) in [4.78, 5) is 11.4. The standard InChI is InChI=1S/C13H17N3O2/c1-18-9-6-11-4-2-3-5-12(11)16-10-13(17)15-8-7-14/h2-5,16H,6,8-10H2,1H3,(H,15,17). The molecule has 1 amide bonds. The number of rotatable bonds is 7. The third-order valence-electron chi connectivity index (χ3n) is 2.40. The summed E-state index contributed by atoms with van der Waals surface area (Å²) in [5.74, 6) is -0.196. The first-order valence-electron chi connectivity index (χ1n) is 5.72. The molecule has 5 heteroatoms. The second kappa shape index (κ2) is 8.09. The second-order valence-corrected chi connectivity index (χ2v) is 3.69. The zero-order valence-corrected chi connectivity index (χ0v) is 10.4. The van der Waals surface area contributed by atoms with Gasteiger partial charge in [-0.1, -0.05) is 18.2 Å². The van der Waals surface area contributed by atoms with Crippen molar-refractivity contribution < 1.29 is 9.53 Å². The Morgan fingerprint density at radius 1 is 1.44 bits per heavy atom. The van der Waals surface area contributed by atoms with Crippen LogP contribution in [0, 0.1) is 11.3 Å². The van der Waals surface area contributed by atoms with Gasteiger partial charge < -0.3 is 15.4 Å². The summed E-state index contributed by atoms with van der Waals surface area (Å²) in [6.45, 7) is 0.830. The molecule has 0 saturated carbocycles. The second-order valence-electron chi connectivity index (χ2n) is 3.69. The highest BCUT2D eigenvalue weighted by Crippen LogP contribution is 2.15. The number of benzene rings is 1. The highest BCUT2D eigenvalue weighted by molar-refractivity contribution is 5.81. The van der Waals surface area contributed by atoms with Crippen LogP contribution in [0.5, 0.6) is 0 Å². The predicted octanol–water partition coefficient (Wildman–Crippen LogP) is 0.927. The molecule has 5 nitrogen and oxygen atoms in total. The van der Waals surface area contributed by atoms with Gasteiger partial charge in [-0.25, -0.2) is 0 Å². The Morgan fingerprint density at radius 2 is 2.22 bits per heavy atom.